The molecule has 9 heteroatoms. The zero-order valence-electron chi connectivity index (χ0n) is 18.9. The van der Waals surface area contributed by atoms with Crippen molar-refractivity contribution in [1.29, 1.82) is 0 Å². The van der Waals surface area contributed by atoms with E-state index in [2.05, 4.69) is 18.3 Å². The third kappa shape index (κ3) is 4.33. The molecule has 1 aliphatic rings. The molecule has 0 bridgehead atoms. The second-order valence-electron chi connectivity index (χ2n) is 8.28. The molecule has 0 spiro atoms. The van der Waals surface area contributed by atoms with Crippen LogP contribution in [0, 0.1) is 6.92 Å². The largest absolute Gasteiger partial charge is 0.454 e. The van der Waals surface area contributed by atoms with Gasteiger partial charge in [0.15, 0.2) is 11.5 Å². The first-order valence-corrected chi connectivity index (χ1v) is 13.5. The summed E-state index contributed by atoms with van der Waals surface area (Å²) in [4.78, 5) is 19.2. The fraction of sp³-hybridized carbons (Fsp3) is 0.111. The first-order chi connectivity index (χ1) is 17.5. The molecular weight excluding hydrogens is 535 g/mol. The van der Waals surface area contributed by atoms with E-state index in [4.69, 9.17) is 37.7 Å². The lowest BCUT2D eigenvalue weighted by Crippen LogP contribution is -2.12. The molecule has 3 heterocycles. The fourth-order valence-electron chi connectivity index (χ4n) is 4.13. The Morgan fingerprint density at radius 3 is 2.69 bits per heavy atom. The molecule has 36 heavy (non-hydrogen) atoms. The summed E-state index contributed by atoms with van der Waals surface area (Å²) >= 11 is 15.5. The minimum Gasteiger partial charge on any atom is -0.454 e. The third-order valence-corrected chi connectivity index (χ3v) is 8.77. The molecule has 0 saturated carbocycles. The van der Waals surface area contributed by atoms with Crippen LogP contribution in [-0.2, 0) is 6.42 Å². The molecule has 0 unspecified atom stereocenters. The molecule has 0 saturated heterocycles. The molecule has 180 valence electrons. The second kappa shape index (κ2) is 9.41. The zero-order valence-corrected chi connectivity index (χ0v) is 22.1. The lowest BCUT2D eigenvalue weighted by molar-refractivity contribution is 0.102. The number of thiazole rings is 1. The number of thiophene rings is 1. The van der Waals surface area contributed by atoms with E-state index in [-0.39, 0.29) is 12.7 Å². The maximum atomic E-state index is 13.2. The van der Waals surface area contributed by atoms with Crippen molar-refractivity contribution in [1.82, 2.24) is 4.98 Å². The molecule has 3 aromatic carbocycles. The van der Waals surface area contributed by atoms with Crippen molar-refractivity contribution in [2.45, 2.75) is 13.3 Å². The van der Waals surface area contributed by atoms with Crippen molar-refractivity contribution in [2.24, 2.45) is 0 Å². The number of nitrogens with zero attached hydrogens (tertiary/aromatic N) is 1. The van der Waals surface area contributed by atoms with Crippen molar-refractivity contribution >= 4 is 67.0 Å². The van der Waals surface area contributed by atoms with Crippen LogP contribution < -0.4 is 14.8 Å². The number of nitrogens with one attached hydrogen (secondary N) is 1. The number of hydrogen-bond acceptors (Lipinski definition) is 6. The van der Waals surface area contributed by atoms with E-state index >= 15 is 0 Å². The fourth-order valence-corrected chi connectivity index (χ4v) is 7.00. The number of benzene rings is 3. The molecule has 5 nitrogen and oxygen atoms in total. The second-order valence-corrected chi connectivity index (χ2v) is 11.3. The van der Waals surface area contributed by atoms with Crippen LogP contribution in [0.25, 0.3) is 20.8 Å². The summed E-state index contributed by atoms with van der Waals surface area (Å²) in [7, 11) is 0. The molecular formula is C27H18Cl2N2O3S2. The Hall–Kier alpha value is -3.10. The van der Waals surface area contributed by atoms with Gasteiger partial charge in [0.25, 0.3) is 5.91 Å². The summed E-state index contributed by atoms with van der Waals surface area (Å²) in [6.45, 7) is 2.31. The maximum Gasteiger partial charge on any atom is 0.257 e. The predicted molar refractivity (Wildman–Crippen MR) is 147 cm³/mol. The number of ether oxygens (including phenoxy) is 2. The zero-order chi connectivity index (χ0) is 24.8. The molecule has 1 aliphatic heterocycles. The number of halogens is 2. The summed E-state index contributed by atoms with van der Waals surface area (Å²) in [6, 6.07) is 18.8. The monoisotopic (exact) mass is 552 g/mol. The van der Waals surface area contributed by atoms with Crippen molar-refractivity contribution in [3.63, 3.8) is 0 Å². The van der Waals surface area contributed by atoms with E-state index in [1.807, 2.05) is 36.4 Å². The van der Waals surface area contributed by atoms with Crippen LogP contribution in [0.5, 0.6) is 11.5 Å². The number of fused-ring (bicyclic) bond motifs is 2. The van der Waals surface area contributed by atoms with Gasteiger partial charge in [0.05, 0.1) is 20.8 Å². The highest BCUT2D eigenvalue weighted by molar-refractivity contribution is 7.23. The predicted octanol–water partition coefficient (Wildman–Crippen LogP) is 8.21. The van der Waals surface area contributed by atoms with Gasteiger partial charge < -0.3 is 14.8 Å². The Bertz CT molecular complexity index is 1610. The van der Waals surface area contributed by atoms with Gasteiger partial charge in [-0.1, -0.05) is 41.4 Å². The van der Waals surface area contributed by atoms with Crippen LogP contribution in [0.2, 0.25) is 10.0 Å². The van der Waals surface area contributed by atoms with Crippen LogP contribution in [0.4, 0.5) is 5.00 Å². The topological polar surface area (TPSA) is 60.5 Å². The highest BCUT2D eigenvalue weighted by atomic mass is 35.5. The lowest BCUT2D eigenvalue weighted by atomic mass is 10.1. The van der Waals surface area contributed by atoms with E-state index in [1.54, 1.807) is 40.9 Å². The summed E-state index contributed by atoms with van der Waals surface area (Å²) < 4.78 is 12.1. The standard InChI is InChI=1S/C27H18Cl2N2O3S2/c1-14-23(11-15-6-9-20-21(10-15)34-13-33-20)36-27(31-25(32)17-8-7-16(28)12-18(17)29)24(14)26-30-19-4-2-3-5-22(19)35-26/h2-10,12H,11,13H2,1H3,(H,31,32). The van der Waals surface area contributed by atoms with Gasteiger partial charge in [0.1, 0.15) is 10.0 Å². The number of rotatable bonds is 5. The van der Waals surface area contributed by atoms with E-state index in [1.165, 1.54) is 0 Å². The molecule has 0 aliphatic carbocycles. The highest BCUT2D eigenvalue weighted by Gasteiger charge is 2.23. The van der Waals surface area contributed by atoms with Gasteiger partial charge in [-0.25, -0.2) is 4.98 Å². The quantitative estimate of drug-likeness (QED) is 0.238. The van der Waals surface area contributed by atoms with Crippen molar-refractivity contribution in [3.05, 3.63) is 92.3 Å². The average molecular weight is 553 g/mol. The smallest absolute Gasteiger partial charge is 0.257 e. The van der Waals surface area contributed by atoms with Gasteiger partial charge in [0, 0.05) is 21.9 Å². The van der Waals surface area contributed by atoms with E-state index < -0.39 is 0 Å². The number of amides is 1. The minimum absolute atomic E-state index is 0.238. The Morgan fingerprint density at radius 2 is 1.86 bits per heavy atom. The number of carbonyl (C=O) groups excluding carboxylic acids is 1. The van der Waals surface area contributed by atoms with Gasteiger partial charge in [-0.05, 0) is 60.5 Å². The molecule has 5 aromatic rings. The molecule has 6 rings (SSSR count). The van der Waals surface area contributed by atoms with Crippen LogP contribution in [0.3, 0.4) is 0 Å². The number of hydrogen-bond donors (Lipinski definition) is 1. The van der Waals surface area contributed by atoms with Crippen LogP contribution in [0.15, 0.2) is 60.7 Å². The minimum atomic E-state index is -0.296. The number of para-hydroxylation sites is 1. The van der Waals surface area contributed by atoms with Crippen molar-refractivity contribution in [3.8, 4) is 22.1 Å². The van der Waals surface area contributed by atoms with Gasteiger partial charge >= 0.3 is 0 Å². The number of aromatic nitrogens is 1. The van der Waals surface area contributed by atoms with Crippen LogP contribution in [-0.4, -0.2) is 17.7 Å². The Labute approximate surface area is 225 Å². The Balaban J connectivity index is 1.41. The normalized spacial score (nSPS) is 12.3. The molecule has 0 atom stereocenters. The first kappa shape index (κ1) is 23.3. The van der Waals surface area contributed by atoms with Gasteiger partial charge in [-0.2, -0.15) is 0 Å². The van der Waals surface area contributed by atoms with Crippen molar-refractivity contribution in [2.75, 3.05) is 12.1 Å². The summed E-state index contributed by atoms with van der Waals surface area (Å²) in [5.41, 5.74) is 4.39. The van der Waals surface area contributed by atoms with Crippen LogP contribution >= 0.6 is 45.9 Å². The first-order valence-electron chi connectivity index (χ1n) is 11.1. The van der Waals surface area contributed by atoms with E-state index in [0.29, 0.717) is 22.0 Å². The summed E-state index contributed by atoms with van der Waals surface area (Å²) in [5, 5.41) is 5.47. The average Bonchev–Trinajstić information content (AvgIpc) is 3.56. The Morgan fingerprint density at radius 1 is 1.03 bits per heavy atom. The summed E-state index contributed by atoms with van der Waals surface area (Å²) in [6.07, 6.45) is 0.683. The van der Waals surface area contributed by atoms with E-state index in [0.717, 1.165) is 53.3 Å². The molecule has 0 radical (unpaired) electrons. The van der Waals surface area contributed by atoms with Gasteiger partial charge in [0.2, 0.25) is 6.79 Å². The van der Waals surface area contributed by atoms with Crippen molar-refractivity contribution < 1.29 is 14.3 Å². The lowest BCUT2D eigenvalue weighted by Gasteiger charge is -2.07. The molecule has 2 aromatic heterocycles. The SMILES string of the molecule is Cc1c(Cc2ccc3c(c2)OCO3)sc(NC(=O)c2ccc(Cl)cc2Cl)c1-c1nc2ccccc2s1. The maximum absolute atomic E-state index is 13.2. The Kier molecular flexibility index (Phi) is 6.09. The molecule has 0 fully saturated rings. The molecule has 1 amide bonds. The summed E-state index contributed by atoms with van der Waals surface area (Å²) in [5.74, 6) is 1.21. The molecule has 1 N–H and O–H groups in total. The van der Waals surface area contributed by atoms with Gasteiger partial charge in [-0.15, -0.1) is 22.7 Å². The van der Waals surface area contributed by atoms with Crippen LogP contribution in [0.1, 0.15) is 26.4 Å². The third-order valence-electron chi connectivity index (χ3n) is 5.96. The van der Waals surface area contributed by atoms with E-state index in [9.17, 15) is 4.79 Å². The number of carbonyl (C=O) groups is 1. The number of anilines is 1. The highest BCUT2D eigenvalue weighted by Crippen LogP contribution is 2.45. The van der Waals surface area contributed by atoms with Gasteiger partial charge in [-0.3, -0.25) is 4.79 Å².